The van der Waals surface area contributed by atoms with Crippen LogP contribution in [-0.2, 0) is 15.0 Å². The predicted molar refractivity (Wildman–Crippen MR) is 87.3 cm³/mol. The van der Waals surface area contributed by atoms with Crippen molar-refractivity contribution in [3.63, 3.8) is 0 Å². The molecule has 0 aliphatic carbocycles. The molecule has 0 spiro atoms. The van der Waals surface area contributed by atoms with Crippen molar-refractivity contribution in [2.75, 3.05) is 40.8 Å². The molecule has 2 rings (SSSR count). The molecule has 1 heterocycles. The third-order valence-corrected chi connectivity index (χ3v) is 5.94. The molecule has 1 amide bonds. The zero-order valence-electron chi connectivity index (χ0n) is 13.9. The van der Waals surface area contributed by atoms with Crippen LogP contribution in [0.1, 0.15) is 18.5 Å². The maximum Gasteiger partial charge on any atom is 0.281 e. The molecule has 0 aromatic heterocycles. The van der Waals surface area contributed by atoms with Gasteiger partial charge in [-0.2, -0.15) is 17.0 Å². The third kappa shape index (κ3) is 3.65. The highest BCUT2D eigenvalue weighted by Gasteiger charge is 2.36. The molecular formula is C15H23N3O4S. The van der Waals surface area contributed by atoms with Crippen molar-refractivity contribution in [2.45, 2.75) is 13.0 Å². The molecule has 1 aromatic carbocycles. The van der Waals surface area contributed by atoms with Gasteiger partial charge in [0.15, 0.2) is 0 Å². The van der Waals surface area contributed by atoms with E-state index in [0.29, 0.717) is 13.1 Å². The quantitative estimate of drug-likeness (QED) is 0.809. The molecule has 1 aliphatic heterocycles. The van der Waals surface area contributed by atoms with Crippen LogP contribution in [0.5, 0.6) is 5.75 Å². The van der Waals surface area contributed by atoms with E-state index in [1.54, 1.807) is 12.0 Å². The van der Waals surface area contributed by atoms with Gasteiger partial charge in [-0.3, -0.25) is 4.79 Å². The van der Waals surface area contributed by atoms with Gasteiger partial charge in [0, 0.05) is 40.7 Å². The highest BCUT2D eigenvalue weighted by Crippen LogP contribution is 2.28. The first-order chi connectivity index (χ1) is 10.8. The number of hydrogen-bond donors (Lipinski definition) is 0. The van der Waals surface area contributed by atoms with E-state index in [1.165, 1.54) is 29.6 Å². The number of hydrogen-bond acceptors (Lipinski definition) is 4. The molecule has 1 saturated heterocycles. The Labute approximate surface area is 137 Å². The van der Waals surface area contributed by atoms with Crippen molar-refractivity contribution in [3.8, 4) is 5.75 Å². The lowest BCUT2D eigenvalue weighted by Gasteiger charge is -2.41. The summed E-state index contributed by atoms with van der Waals surface area (Å²) < 4.78 is 32.5. The first kappa shape index (κ1) is 17.7. The Balaban J connectivity index is 2.32. The molecule has 1 fully saturated rings. The number of benzene rings is 1. The standard InChI is InChI=1S/C15H23N3O4S/c1-12(19)18-10-9-17(23(20,21)16(2)3)11-15(18)13-5-7-14(22-4)8-6-13/h5-8,15H,9-11H2,1-4H3. The summed E-state index contributed by atoms with van der Waals surface area (Å²) in [5, 5.41) is 0. The van der Waals surface area contributed by atoms with Crippen LogP contribution in [0, 0.1) is 0 Å². The smallest absolute Gasteiger partial charge is 0.281 e. The van der Waals surface area contributed by atoms with Gasteiger partial charge < -0.3 is 9.64 Å². The zero-order valence-corrected chi connectivity index (χ0v) is 14.7. The minimum atomic E-state index is -3.50. The van der Waals surface area contributed by atoms with Crippen molar-refractivity contribution in [1.29, 1.82) is 0 Å². The van der Waals surface area contributed by atoms with Gasteiger partial charge in [-0.25, -0.2) is 0 Å². The van der Waals surface area contributed by atoms with Crippen LogP contribution >= 0.6 is 0 Å². The van der Waals surface area contributed by atoms with Crippen LogP contribution in [-0.4, -0.2) is 68.7 Å². The van der Waals surface area contributed by atoms with Crippen molar-refractivity contribution in [1.82, 2.24) is 13.5 Å². The van der Waals surface area contributed by atoms with Crippen LogP contribution in [0.4, 0.5) is 0 Å². The summed E-state index contributed by atoms with van der Waals surface area (Å²) in [5.41, 5.74) is 0.889. The molecule has 23 heavy (non-hydrogen) atoms. The summed E-state index contributed by atoms with van der Waals surface area (Å²) in [6.07, 6.45) is 0. The molecule has 128 valence electrons. The molecule has 0 N–H and O–H groups in total. The number of carbonyl (C=O) groups is 1. The van der Waals surface area contributed by atoms with Crippen molar-refractivity contribution in [2.24, 2.45) is 0 Å². The Bertz CT molecular complexity index is 658. The van der Waals surface area contributed by atoms with E-state index in [9.17, 15) is 13.2 Å². The number of nitrogens with zero attached hydrogens (tertiary/aromatic N) is 3. The van der Waals surface area contributed by atoms with E-state index < -0.39 is 10.2 Å². The minimum absolute atomic E-state index is 0.0623. The predicted octanol–water partition coefficient (Wildman–Crippen LogP) is 0.707. The Morgan fingerprint density at radius 3 is 2.30 bits per heavy atom. The van der Waals surface area contributed by atoms with Crippen molar-refractivity contribution in [3.05, 3.63) is 29.8 Å². The van der Waals surface area contributed by atoms with E-state index in [2.05, 4.69) is 0 Å². The summed E-state index contributed by atoms with van der Waals surface area (Å²) in [7, 11) is 1.11. The second-order valence-electron chi connectivity index (χ2n) is 5.65. The van der Waals surface area contributed by atoms with Crippen LogP contribution < -0.4 is 4.74 Å². The molecule has 0 radical (unpaired) electrons. The molecule has 8 heteroatoms. The van der Waals surface area contributed by atoms with E-state index in [4.69, 9.17) is 4.74 Å². The Morgan fingerprint density at radius 2 is 1.83 bits per heavy atom. The maximum atomic E-state index is 12.4. The SMILES string of the molecule is COc1ccc(C2CN(S(=O)(=O)N(C)C)CCN2C(C)=O)cc1. The highest BCUT2D eigenvalue weighted by molar-refractivity contribution is 7.86. The number of ether oxygens (including phenoxy) is 1. The largest absolute Gasteiger partial charge is 0.497 e. The van der Waals surface area contributed by atoms with Crippen LogP contribution in [0.3, 0.4) is 0 Å². The van der Waals surface area contributed by atoms with Crippen LogP contribution in [0.25, 0.3) is 0 Å². The lowest BCUT2D eigenvalue weighted by atomic mass is 10.0. The molecule has 7 nitrogen and oxygen atoms in total. The number of rotatable bonds is 4. The first-order valence-corrected chi connectivity index (χ1v) is 8.76. The fraction of sp³-hybridized carbons (Fsp3) is 0.533. The van der Waals surface area contributed by atoms with Gasteiger partial charge >= 0.3 is 0 Å². The molecular weight excluding hydrogens is 318 g/mol. The lowest BCUT2D eigenvalue weighted by Crippen LogP contribution is -2.54. The van der Waals surface area contributed by atoms with Gasteiger partial charge in [0.05, 0.1) is 13.2 Å². The average Bonchev–Trinajstić information content (AvgIpc) is 2.54. The molecule has 1 aromatic rings. The number of methoxy groups -OCH3 is 1. The molecule has 0 saturated carbocycles. The van der Waals surface area contributed by atoms with Crippen LogP contribution in [0.2, 0.25) is 0 Å². The zero-order chi connectivity index (χ0) is 17.2. The molecule has 1 aliphatic rings. The van der Waals surface area contributed by atoms with E-state index in [0.717, 1.165) is 11.3 Å². The Morgan fingerprint density at radius 1 is 1.22 bits per heavy atom. The highest BCUT2D eigenvalue weighted by atomic mass is 32.2. The van der Waals surface area contributed by atoms with E-state index in [-0.39, 0.29) is 18.5 Å². The number of carbonyl (C=O) groups excluding carboxylic acids is 1. The maximum absolute atomic E-state index is 12.4. The Hall–Kier alpha value is -1.64. The van der Waals surface area contributed by atoms with Gasteiger partial charge in [0.1, 0.15) is 5.75 Å². The fourth-order valence-electron chi connectivity index (χ4n) is 2.69. The van der Waals surface area contributed by atoms with Crippen molar-refractivity contribution >= 4 is 16.1 Å². The summed E-state index contributed by atoms with van der Waals surface area (Å²) in [6.45, 7) is 2.42. The monoisotopic (exact) mass is 341 g/mol. The topological polar surface area (TPSA) is 70.2 Å². The average molecular weight is 341 g/mol. The van der Waals surface area contributed by atoms with E-state index >= 15 is 0 Å². The lowest BCUT2D eigenvalue weighted by molar-refractivity contribution is -0.133. The van der Waals surface area contributed by atoms with Crippen molar-refractivity contribution < 1.29 is 17.9 Å². The fourth-order valence-corrected chi connectivity index (χ4v) is 3.79. The molecule has 0 bridgehead atoms. The summed E-state index contributed by atoms with van der Waals surface area (Å²) in [4.78, 5) is 13.6. The van der Waals surface area contributed by atoms with Gasteiger partial charge in [0.2, 0.25) is 5.91 Å². The van der Waals surface area contributed by atoms with Crippen LogP contribution in [0.15, 0.2) is 24.3 Å². The second kappa shape index (κ2) is 6.86. The number of amides is 1. The van der Waals surface area contributed by atoms with E-state index in [1.807, 2.05) is 24.3 Å². The Kier molecular flexibility index (Phi) is 5.28. The summed E-state index contributed by atoms with van der Waals surface area (Å²) >= 11 is 0. The minimum Gasteiger partial charge on any atom is -0.497 e. The third-order valence-electron chi connectivity index (χ3n) is 4.04. The van der Waals surface area contributed by atoms with Gasteiger partial charge in [-0.05, 0) is 17.7 Å². The van der Waals surface area contributed by atoms with Gasteiger partial charge in [-0.15, -0.1) is 0 Å². The summed E-state index contributed by atoms with van der Waals surface area (Å²) in [6, 6.07) is 7.05. The summed E-state index contributed by atoms with van der Waals surface area (Å²) in [5.74, 6) is 0.657. The molecule has 1 unspecified atom stereocenters. The first-order valence-electron chi connectivity index (χ1n) is 7.36. The normalized spacial score (nSPS) is 19.9. The second-order valence-corrected chi connectivity index (χ2v) is 7.79. The van der Waals surface area contributed by atoms with Gasteiger partial charge in [-0.1, -0.05) is 12.1 Å². The molecule has 1 atom stereocenters. The van der Waals surface area contributed by atoms with Gasteiger partial charge in [0.25, 0.3) is 10.2 Å². The number of piperazine rings is 1.